The van der Waals surface area contributed by atoms with Crippen LogP contribution in [0.2, 0.25) is 0 Å². The Morgan fingerprint density at radius 2 is 1.90 bits per heavy atom. The van der Waals surface area contributed by atoms with E-state index in [-0.39, 0.29) is 30.0 Å². The van der Waals surface area contributed by atoms with Crippen molar-refractivity contribution < 1.29 is 0 Å². The van der Waals surface area contributed by atoms with Gasteiger partial charge in [-0.2, -0.15) is 5.10 Å². The first kappa shape index (κ1) is 23.3. The van der Waals surface area contributed by atoms with Crippen LogP contribution in [-0.4, -0.2) is 88.9 Å². The lowest BCUT2D eigenvalue weighted by atomic mass is 10.1. The first-order chi connectivity index (χ1) is 13.6. The van der Waals surface area contributed by atoms with Gasteiger partial charge in [0.15, 0.2) is 5.96 Å². The van der Waals surface area contributed by atoms with E-state index in [2.05, 4.69) is 62.3 Å². The zero-order valence-corrected chi connectivity index (χ0v) is 20.0. The van der Waals surface area contributed by atoms with Crippen molar-refractivity contribution in [2.45, 2.75) is 13.0 Å². The number of aliphatic imine (C=N–C) groups is 1. The lowest BCUT2D eigenvalue weighted by Gasteiger charge is -2.36. The highest BCUT2D eigenvalue weighted by Crippen LogP contribution is 2.18. The van der Waals surface area contributed by atoms with Crippen LogP contribution in [0.5, 0.6) is 0 Å². The highest BCUT2D eigenvalue weighted by molar-refractivity contribution is 14.0. The highest BCUT2D eigenvalue weighted by Gasteiger charge is 2.22. The van der Waals surface area contributed by atoms with Crippen LogP contribution in [0.3, 0.4) is 0 Å². The minimum atomic E-state index is 0. The number of likely N-dealkylation sites (N-methyl/N-ethyl adjacent to an activating group) is 1. The quantitative estimate of drug-likeness (QED) is 0.354. The second-order valence-electron chi connectivity index (χ2n) is 7.14. The summed E-state index contributed by atoms with van der Waals surface area (Å²) >= 11 is 0. The lowest BCUT2D eigenvalue weighted by Crippen LogP contribution is -2.53. The molecule has 1 aliphatic heterocycles. The Bertz CT molecular complexity index is 754. The molecule has 0 saturated carbocycles. The van der Waals surface area contributed by atoms with Crippen LogP contribution in [0.25, 0.3) is 0 Å². The van der Waals surface area contributed by atoms with Gasteiger partial charge >= 0.3 is 0 Å². The Morgan fingerprint density at radius 1 is 1.21 bits per heavy atom. The van der Waals surface area contributed by atoms with Crippen LogP contribution in [0.1, 0.15) is 18.5 Å². The standard InChI is InChI=1S/C19H31N9.HI/c1-5-20-18(23-14-17(25(2)3)16-13-24-26(4)15-16)27-9-11-28(12-10-27)19-21-7-6-8-22-19;/h6-8,13,15,17H,5,9-12,14H2,1-4H3,(H,20,23);1H. The molecule has 0 spiro atoms. The van der Waals surface area contributed by atoms with E-state index in [0.717, 1.165) is 44.6 Å². The number of halogens is 1. The van der Waals surface area contributed by atoms with Crippen molar-refractivity contribution in [1.82, 2.24) is 34.9 Å². The van der Waals surface area contributed by atoms with Crippen molar-refractivity contribution in [1.29, 1.82) is 0 Å². The zero-order chi connectivity index (χ0) is 19.9. The molecular weight excluding hydrogens is 481 g/mol. The predicted octanol–water partition coefficient (Wildman–Crippen LogP) is 1.22. The average molecular weight is 513 g/mol. The maximum Gasteiger partial charge on any atom is 0.225 e. The fraction of sp³-hybridized carbons (Fsp3) is 0.579. The van der Waals surface area contributed by atoms with E-state index in [9.17, 15) is 0 Å². The number of piperazine rings is 1. The average Bonchev–Trinajstić information content (AvgIpc) is 3.14. The Balaban J connectivity index is 0.00000300. The van der Waals surface area contributed by atoms with E-state index < -0.39 is 0 Å². The summed E-state index contributed by atoms with van der Waals surface area (Å²) in [6.07, 6.45) is 7.57. The van der Waals surface area contributed by atoms with Gasteiger partial charge in [-0.15, -0.1) is 24.0 Å². The van der Waals surface area contributed by atoms with Gasteiger partial charge in [0, 0.05) is 63.9 Å². The van der Waals surface area contributed by atoms with Crippen LogP contribution < -0.4 is 10.2 Å². The van der Waals surface area contributed by atoms with Gasteiger partial charge in [0.2, 0.25) is 5.95 Å². The highest BCUT2D eigenvalue weighted by atomic mass is 127. The number of anilines is 1. The molecule has 0 aliphatic carbocycles. The van der Waals surface area contributed by atoms with Crippen LogP contribution in [0.4, 0.5) is 5.95 Å². The molecule has 0 amide bonds. The first-order valence-electron chi connectivity index (χ1n) is 9.78. The summed E-state index contributed by atoms with van der Waals surface area (Å²) < 4.78 is 1.84. The van der Waals surface area contributed by atoms with Crippen molar-refractivity contribution in [2.75, 3.05) is 58.3 Å². The van der Waals surface area contributed by atoms with Gasteiger partial charge < -0.3 is 20.0 Å². The number of aromatic nitrogens is 4. The van der Waals surface area contributed by atoms with E-state index in [1.165, 1.54) is 5.56 Å². The Kier molecular flexibility index (Phi) is 9.08. The molecule has 29 heavy (non-hydrogen) atoms. The number of hydrogen-bond donors (Lipinski definition) is 1. The fourth-order valence-electron chi connectivity index (χ4n) is 3.35. The second-order valence-corrected chi connectivity index (χ2v) is 7.14. The van der Waals surface area contributed by atoms with Crippen molar-refractivity contribution in [3.8, 4) is 0 Å². The van der Waals surface area contributed by atoms with E-state index in [1.807, 2.05) is 24.0 Å². The molecule has 160 valence electrons. The van der Waals surface area contributed by atoms with Gasteiger partial charge in [0.25, 0.3) is 0 Å². The van der Waals surface area contributed by atoms with Crippen LogP contribution in [-0.2, 0) is 7.05 Å². The molecule has 9 nitrogen and oxygen atoms in total. The van der Waals surface area contributed by atoms with Crippen molar-refractivity contribution in [3.05, 3.63) is 36.4 Å². The maximum atomic E-state index is 4.95. The molecule has 3 rings (SSSR count). The minimum Gasteiger partial charge on any atom is -0.357 e. The van der Waals surface area contributed by atoms with Gasteiger partial charge in [-0.25, -0.2) is 9.97 Å². The zero-order valence-electron chi connectivity index (χ0n) is 17.7. The molecule has 1 atom stereocenters. The third-order valence-corrected chi connectivity index (χ3v) is 4.90. The lowest BCUT2D eigenvalue weighted by molar-refractivity contribution is 0.303. The number of guanidine groups is 1. The third-order valence-electron chi connectivity index (χ3n) is 4.90. The van der Waals surface area contributed by atoms with Crippen LogP contribution in [0, 0.1) is 0 Å². The number of hydrogen-bond acceptors (Lipinski definition) is 6. The summed E-state index contributed by atoms with van der Waals surface area (Å²) in [6, 6.07) is 2.04. The molecule has 10 heteroatoms. The number of nitrogens with zero attached hydrogens (tertiary/aromatic N) is 8. The van der Waals surface area contributed by atoms with E-state index in [4.69, 9.17) is 4.99 Å². The SMILES string of the molecule is CCNC(=NCC(c1cnn(C)c1)N(C)C)N1CCN(c2ncccn2)CC1.I. The summed E-state index contributed by atoms with van der Waals surface area (Å²) in [4.78, 5) is 20.4. The smallest absolute Gasteiger partial charge is 0.225 e. The second kappa shape index (κ2) is 11.3. The first-order valence-corrected chi connectivity index (χ1v) is 9.78. The molecule has 2 aromatic heterocycles. The molecule has 0 bridgehead atoms. The van der Waals surface area contributed by atoms with E-state index >= 15 is 0 Å². The van der Waals surface area contributed by atoms with Crippen molar-refractivity contribution in [2.24, 2.45) is 12.0 Å². The normalized spacial score (nSPS) is 16.0. The van der Waals surface area contributed by atoms with E-state index in [0.29, 0.717) is 6.54 Å². The van der Waals surface area contributed by atoms with E-state index in [1.54, 1.807) is 12.4 Å². The summed E-state index contributed by atoms with van der Waals surface area (Å²) in [7, 11) is 6.11. The van der Waals surface area contributed by atoms with Crippen LogP contribution >= 0.6 is 24.0 Å². The molecule has 0 aromatic carbocycles. The summed E-state index contributed by atoms with van der Waals surface area (Å²) in [5.41, 5.74) is 1.18. The van der Waals surface area contributed by atoms with Gasteiger partial charge in [-0.1, -0.05) is 0 Å². The topological polar surface area (TPSA) is 77.7 Å². The largest absolute Gasteiger partial charge is 0.357 e. The molecular formula is C19H32IN9. The molecule has 1 unspecified atom stereocenters. The van der Waals surface area contributed by atoms with Gasteiger partial charge in [0.05, 0.1) is 18.8 Å². The van der Waals surface area contributed by atoms with Crippen molar-refractivity contribution in [3.63, 3.8) is 0 Å². The molecule has 1 N–H and O–H groups in total. The Labute approximate surface area is 190 Å². The molecule has 1 saturated heterocycles. The summed E-state index contributed by atoms with van der Waals surface area (Å²) in [5.74, 6) is 1.76. The third kappa shape index (κ3) is 6.26. The molecule has 0 radical (unpaired) electrons. The van der Waals surface area contributed by atoms with Crippen LogP contribution in [0.15, 0.2) is 35.8 Å². The Morgan fingerprint density at radius 3 is 2.45 bits per heavy atom. The number of aryl methyl sites for hydroxylation is 1. The summed E-state index contributed by atoms with van der Waals surface area (Å²) in [5, 5.41) is 7.75. The summed E-state index contributed by atoms with van der Waals surface area (Å²) in [6.45, 7) is 7.19. The van der Waals surface area contributed by atoms with Gasteiger partial charge in [-0.05, 0) is 27.1 Å². The molecule has 1 fully saturated rings. The minimum absolute atomic E-state index is 0. The monoisotopic (exact) mass is 513 g/mol. The van der Waals surface area contributed by atoms with Gasteiger partial charge in [0.1, 0.15) is 0 Å². The molecule has 1 aliphatic rings. The fourth-order valence-corrected chi connectivity index (χ4v) is 3.35. The predicted molar refractivity (Wildman–Crippen MR) is 127 cm³/mol. The number of rotatable bonds is 6. The Hall–Kier alpha value is -1.95. The molecule has 3 heterocycles. The van der Waals surface area contributed by atoms with Gasteiger partial charge in [-0.3, -0.25) is 9.67 Å². The van der Waals surface area contributed by atoms with Crippen molar-refractivity contribution >= 4 is 35.9 Å². The molecule has 2 aromatic rings. The maximum absolute atomic E-state index is 4.95. The number of nitrogens with one attached hydrogen (secondary N) is 1.